The van der Waals surface area contributed by atoms with Gasteiger partial charge in [-0.3, -0.25) is 14.4 Å². The number of carbonyl (C=O) groups is 1. The molecule has 5 heterocycles. The quantitative estimate of drug-likeness (QED) is 0.781. The standard InChI is InChI=1S/C19H27N5OS/c1-3-6-24-14(2)16(7-21-24)9-22-8-15-4-5-18(11-22)23(19(15)25)10-17-12-26-13-20-17/h7,12-13,15,18H,3-6,8-11H2,1-2H3. The third-order valence-corrected chi connectivity index (χ3v) is 6.35. The number of amides is 1. The van der Waals surface area contributed by atoms with Gasteiger partial charge in [0.1, 0.15) is 0 Å². The summed E-state index contributed by atoms with van der Waals surface area (Å²) in [6.07, 6.45) is 5.22. The summed E-state index contributed by atoms with van der Waals surface area (Å²) in [6.45, 7) is 8.66. The molecule has 2 bridgehead atoms. The van der Waals surface area contributed by atoms with E-state index in [1.807, 2.05) is 11.7 Å². The molecule has 5 rings (SSSR count). The van der Waals surface area contributed by atoms with Crippen LogP contribution in [0.2, 0.25) is 0 Å². The summed E-state index contributed by atoms with van der Waals surface area (Å²) < 4.78 is 2.10. The summed E-state index contributed by atoms with van der Waals surface area (Å²) in [5.41, 5.74) is 5.41. The van der Waals surface area contributed by atoms with Crippen LogP contribution in [0, 0.1) is 12.8 Å². The highest BCUT2D eigenvalue weighted by molar-refractivity contribution is 7.07. The lowest BCUT2D eigenvalue weighted by Crippen LogP contribution is -2.47. The molecule has 3 aliphatic rings. The number of hydrogen-bond acceptors (Lipinski definition) is 5. The second-order valence-electron chi connectivity index (χ2n) is 7.55. The summed E-state index contributed by atoms with van der Waals surface area (Å²) in [6, 6.07) is 0.300. The van der Waals surface area contributed by atoms with E-state index in [1.165, 1.54) is 11.3 Å². The minimum absolute atomic E-state index is 0.123. The van der Waals surface area contributed by atoms with Gasteiger partial charge in [0.25, 0.3) is 0 Å². The second-order valence-corrected chi connectivity index (χ2v) is 8.27. The first-order valence-corrected chi connectivity index (χ1v) is 10.5. The molecule has 26 heavy (non-hydrogen) atoms. The highest BCUT2D eigenvalue weighted by Crippen LogP contribution is 2.31. The van der Waals surface area contributed by atoms with Crippen molar-refractivity contribution < 1.29 is 4.79 Å². The molecule has 0 aromatic carbocycles. The Kier molecular flexibility index (Phi) is 5.09. The van der Waals surface area contributed by atoms with Crippen molar-refractivity contribution in [2.75, 3.05) is 13.1 Å². The SMILES string of the molecule is CCCn1ncc(CN2CC3CCC(C2)N(Cc2cscn2)C3=O)c1C. The lowest BCUT2D eigenvalue weighted by atomic mass is 9.94. The molecule has 3 aliphatic heterocycles. The minimum Gasteiger partial charge on any atom is -0.332 e. The number of fused-ring (bicyclic) bond motifs is 4. The molecule has 2 aromatic rings. The number of nitrogens with zero attached hydrogens (tertiary/aromatic N) is 5. The van der Waals surface area contributed by atoms with Crippen molar-refractivity contribution in [2.24, 2.45) is 5.92 Å². The average molecular weight is 374 g/mol. The van der Waals surface area contributed by atoms with Gasteiger partial charge in [0.05, 0.1) is 29.9 Å². The van der Waals surface area contributed by atoms with Crippen LogP contribution in [0.3, 0.4) is 0 Å². The van der Waals surface area contributed by atoms with E-state index in [0.29, 0.717) is 18.5 Å². The summed E-state index contributed by atoms with van der Waals surface area (Å²) in [7, 11) is 0. The van der Waals surface area contributed by atoms with Crippen LogP contribution in [0.4, 0.5) is 0 Å². The molecule has 140 valence electrons. The minimum atomic E-state index is 0.123. The van der Waals surface area contributed by atoms with Gasteiger partial charge in [-0.15, -0.1) is 11.3 Å². The molecule has 0 N–H and O–H groups in total. The maximum atomic E-state index is 12.9. The zero-order chi connectivity index (χ0) is 18.1. The van der Waals surface area contributed by atoms with Gasteiger partial charge in [-0.25, -0.2) is 4.98 Å². The maximum Gasteiger partial charge on any atom is 0.227 e. The summed E-state index contributed by atoms with van der Waals surface area (Å²) in [5.74, 6) is 0.438. The predicted molar refractivity (Wildman–Crippen MR) is 102 cm³/mol. The van der Waals surface area contributed by atoms with Crippen LogP contribution in [0.1, 0.15) is 43.1 Å². The zero-order valence-corrected chi connectivity index (χ0v) is 16.4. The highest BCUT2D eigenvalue weighted by Gasteiger charge is 2.40. The van der Waals surface area contributed by atoms with Crippen molar-refractivity contribution >= 4 is 17.2 Å². The van der Waals surface area contributed by atoms with Crippen LogP contribution < -0.4 is 0 Å². The summed E-state index contributed by atoms with van der Waals surface area (Å²) in [5, 5.41) is 6.58. The van der Waals surface area contributed by atoms with Crippen molar-refractivity contribution in [1.82, 2.24) is 24.6 Å². The van der Waals surface area contributed by atoms with Gasteiger partial charge in [-0.1, -0.05) is 6.92 Å². The summed E-state index contributed by atoms with van der Waals surface area (Å²) >= 11 is 1.60. The Labute approximate surface area is 158 Å². The van der Waals surface area contributed by atoms with Gasteiger partial charge >= 0.3 is 0 Å². The lowest BCUT2D eigenvalue weighted by Gasteiger charge is -2.35. The molecule has 7 heteroatoms. The smallest absolute Gasteiger partial charge is 0.227 e. The Bertz CT molecular complexity index is 756. The first kappa shape index (κ1) is 17.7. The van der Waals surface area contributed by atoms with E-state index < -0.39 is 0 Å². The van der Waals surface area contributed by atoms with E-state index in [2.05, 4.69) is 43.8 Å². The van der Waals surface area contributed by atoms with Gasteiger partial charge in [0.15, 0.2) is 0 Å². The van der Waals surface area contributed by atoms with E-state index in [-0.39, 0.29) is 5.92 Å². The third-order valence-electron chi connectivity index (χ3n) is 5.72. The Morgan fingerprint density at radius 3 is 2.92 bits per heavy atom. The number of hydrogen-bond donors (Lipinski definition) is 0. The molecular formula is C19H27N5OS. The number of thiazole rings is 1. The average Bonchev–Trinajstić information content (AvgIpc) is 3.17. The zero-order valence-electron chi connectivity index (χ0n) is 15.6. The number of piperidine rings is 1. The van der Waals surface area contributed by atoms with Crippen LogP contribution in [-0.2, 0) is 24.4 Å². The van der Waals surface area contributed by atoms with E-state index in [1.54, 1.807) is 11.3 Å². The monoisotopic (exact) mass is 373 g/mol. The molecule has 3 saturated heterocycles. The fraction of sp³-hybridized carbons (Fsp3) is 0.632. The van der Waals surface area contributed by atoms with Crippen molar-refractivity contribution in [3.63, 3.8) is 0 Å². The van der Waals surface area contributed by atoms with Gasteiger partial charge < -0.3 is 4.90 Å². The fourth-order valence-corrected chi connectivity index (χ4v) is 4.83. The van der Waals surface area contributed by atoms with Gasteiger partial charge in [-0.2, -0.15) is 5.10 Å². The summed E-state index contributed by atoms with van der Waals surface area (Å²) in [4.78, 5) is 21.9. The molecule has 0 radical (unpaired) electrons. The van der Waals surface area contributed by atoms with E-state index in [9.17, 15) is 4.79 Å². The van der Waals surface area contributed by atoms with E-state index >= 15 is 0 Å². The van der Waals surface area contributed by atoms with Crippen molar-refractivity contribution in [3.8, 4) is 0 Å². The van der Waals surface area contributed by atoms with Crippen molar-refractivity contribution in [2.45, 2.75) is 58.8 Å². The van der Waals surface area contributed by atoms with Crippen LogP contribution in [-0.4, -0.2) is 49.6 Å². The fourth-order valence-electron chi connectivity index (χ4n) is 4.28. The molecule has 2 aromatic heterocycles. The largest absolute Gasteiger partial charge is 0.332 e. The molecule has 1 amide bonds. The first-order valence-electron chi connectivity index (χ1n) is 9.57. The lowest BCUT2D eigenvalue weighted by molar-refractivity contribution is -0.140. The Morgan fingerprint density at radius 1 is 1.27 bits per heavy atom. The predicted octanol–water partition coefficient (Wildman–Crippen LogP) is 2.68. The number of aryl methyl sites for hydroxylation is 1. The topological polar surface area (TPSA) is 54.3 Å². The Hall–Kier alpha value is -1.73. The maximum absolute atomic E-state index is 12.9. The van der Waals surface area contributed by atoms with Gasteiger partial charge in [0, 0.05) is 48.9 Å². The molecule has 6 nitrogen and oxygen atoms in total. The third kappa shape index (κ3) is 3.42. The molecule has 0 spiro atoms. The molecule has 0 saturated carbocycles. The molecule has 2 atom stereocenters. The molecule has 3 fully saturated rings. The van der Waals surface area contributed by atoms with Crippen molar-refractivity contribution in [1.29, 1.82) is 0 Å². The van der Waals surface area contributed by atoms with Crippen LogP contribution >= 0.6 is 11.3 Å². The van der Waals surface area contributed by atoms with Gasteiger partial charge in [-0.05, 0) is 26.2 Å². The van der Waals surface area contributed by atoms with Crippen LogP contribution in [0.25, 0.3) is 0 Å². The van der Waals surface area contributed by atoms with E-state index in [4.69, 9.17) is 0 Å². The van der Waals surface area contributed by atoms with E-state index in [0.717, 1.165) is 51.1 Å². The number of carbonyl (C=O) groups excluding carboxylic acids is 1. The second kappa shape index (κ2) is 7.48. The number of aromatic nitrogens is 3. The van der Waals surface area contributed by atoms with Gasteiger partial charge in [0.2, 0.25) is 5.91 Å². The Morgan fingerprint density at radius 2 is 2.15 bits per heavy atom. The molecule has 0 aliphatic carbocycles. The Balaban J connectivity index is 1.48. The molecular weight excluding hydrogens is 346 g/mol. The van der Waals surface area contributed by atoms with Crippen LogP contribution in [0.5, 0.6) is 0 Å². The highest BCUT2D eigenvalue weighted by atomic mass is 32.1. The van der Waals surface area contributed by atoms with Crippen molar-refractivity contribution in [3.05, 3.63) is 34.0 Å². The normalized spacial score (nSPS) is 23.6. The van der Waals surface area contributed by atoms with Crippen LogP contribution in [0.15, 0.2) is 17.1 Å². The number of rotatable bonds is 6. The first-order chi connectivity index (χ1) is 12.7. The molecule has 2 unspecified atom stereocenters.